The summed E-state index contributed by atoms with van der Waals surface area (Å²) in [6, 6.07) is 13.2. The Morgan fingerprint density at radius 3 is 2.04 bits per heavy atom. The normalized spacial score (nSPS) is 11.6. The molecule has 4 heteroatoms. The van der Waals surface area contributed by atoms with Gasteiger partial charge in [0.2, 0.25) is 0 Å². The first-order chi connectivity index (χ1) is 13.2. The molecule has 0 fully saturated rings. The van der Waals surface area contributed by atoms with Gasteiger partial charge in [-0.2, -0.15) is 0 Å². The fraction of sp³-hybridized carbons (Fsp3) is 0.375. The first-order valence-electron chi connectivity index (χ1n) is 9.80. The zero-order valence-corrected chi connectivity index (χ0v) is 17.4. The fourth-order valence-electron chi connectivity index (χ4n) is 3.09. The molecule has 0 atom stereocenters. The lowest BCUT2D eigenvalue weighted by atomic mass is 10.0. The molecular weight excluding hydrogens is 352 g/mol. The third-order valence-electron chi connectivity index (χ3n) is 4.36. The molecular formula is C24H28O4. The summed E-state index contributed by atoms with van der Waals surface area (Å²) < 4.78 is 17.8. The van der Waals surface area contributed by atoms with Gasteiger partial charge in [0.25, 0.3) is 0 Å². The molecule has 148 valence electrons. The van der Waals surface area contributed by atoms with Gasteiger partial charge in [0.05, 0.1) is 12.2 Å². The summed E-state index contributed by atoms with van der Waals surface area (Å²) in [7, 11) is 0. The van der Waals surface area contributed by atoms with Gasteiger partial charge in [-0.15, -0.1) is 0 Å². The summed E-state index contributed by atoms with van der Waals surface area (Å²) in [5.74, 6) is 2.08. The fourth-order valence-corrected chi connectivity index (χ4v) is 3.09. The predicted octanol–water partition coefficient (Wildman–Crippen LogP) is 6.16. The zero-order valence-electron chi connectivity index (χ0n) is 17.4. The molecule has 0 aliphatic rings. The van der Waals surface area contributed by atoms with Gasteiger partial charge in [-0.1, -0.05) is 38.1 Å². The molecule has 0 aliphatic heterocycles. The molecule has 3 aromatic rings. The minimum atomic E-state index is -0.129. The first-order valence-corrected chi connectivity index (χ1v) is 9.80. The molecule has 4 nitrogen and oxygen atoms in total. The van der Waals surface area contributed by atoms with E-state index in [-0.39, 0.29) is 17.6 Å². The third kappa shape index (κ3) is 4.38. The molecule has 0 amide bonds. The second kappa shape index (κ2) is 8.09. The van der Waals surface area contributed by atoms with E-state index in [4.69, 9.17) is 13.9 Å². The Balaban J connectivity index is 2.15. The Morgan fingerprint density at radius 2 is 1.46 bits per heavy atom. The lowest BCUT2D eigenvalue weighted by molar-refractivity contribution is 0.231. The van der Waals surface area contributed by atoms with E-state index in [1.54, 1.807) is 12.1 Å². The molecule has 0 N–H and O–H groups in total. The minimum Gasteiger partial charge on any atom is -0.491 e. The average molecular weight is 380 g/mol. The maximum atomic E-state index is 12.9. The Kier molecular flexibility index (Phi) is 5.78. The molecule has 0 bridgehead atoms. The first kappa shape index (κ1) is 20.0. The monoisotopic (exact) mass is 380 g/mol. The third-order valence-corrected chi connectivity index (χ3v) is 4.36. The number of benzene rings is 2. The largest absolute Gasteiger partial charge is 0.491 e. The second-order valence-corrected chi connectivity index (χ2v) is 7.88. The van der Waals surface area contributed by atoms with Crippen LogP contribution in [0, 0.1) is 0 Å². The van der Waals surface area contributed by atoms with Crippen LogP contribution in [0.4, 0.5) is 0 Å². The standard InChI is InChI=1S/C24H28O4/c1-14(2)17-7-9-18(10-8-17)21-13-20(25)24-22(27-16(5)6)11-19(26-15(3)4)12-23(24)28-21/h7-16H,1-6H3. The van der Waals surface area contributed by atoms with Crippen LogP contribution in [-0.4, -0.2) is 12.2 Å². The topological polar surface area (TPSA) is 48.7 Å². The number of rotatable bonds is 6. The zero-order chi connectivity index (χ0) is 20.4. The summed E-state index contributed by atoms with van der Waals surface area (Å²) >= 11 is 0. The van der Waals surface area contributed by atoms with Crippen LogP contribution >= 0.6 is 0 Å². The molecule has 3 rings (SSSR count). The summed E-state index contributed by atoms with van der Waals surface area (Å²) in [6.07, 6.45) is -0.0667. The molecule has 0 aliphatic carbocycles. The number of hydrogen-bond donors (Lipinski definition) is 0. The Bertz CT molecular complexity index is 1010. The Labute approximate surface area is 166 Å². The molecule has 0 radical (unpaired) electrons. The average Bonchev–Trinajstić information content (AvgIpc) is 2.60. The van der Waals surface area contributed by atoms with E-state index in [0.717, 1.165) is 5.56 Å². The van der Waals surface area contributed by atoms with Gasteiger partial charge >= 0.3 is 0 Å². The van der Waals surface area contributed by atoms with Gasteiger partial charge in [-0.25, -0.2) is 0 Å². The van der Waals surface area contributed by atoms with Crippen molar-refractivity contribution in [2.45, 2.75) is 59.7 Å². The Hall–Kier alpha value is -2.75. The summed E-state index contributed by atoms with van der Waals surface area (Å²) in [5.41, 5.74) is 2.44. The van der Waals surface area contributed by atoms with Crippen molar-refractivity contribution < 1.29 is 13.9 Å². The van der Waals surface area contributed by atoms with Crippen LogP contribution in [0.15, 0.2) is 51.7 Å². The van der Waals surface area contributed by atoms with Gasteiger partial charge in [0.1, 0.15) is 28.2 Å². The van der Waals surface area contributed by atoms with Gasteiger partial charge in [-0.05, 0) is 39.2 Å². The molecule has 2 aromatic carbocycles. The highest BCUT2D eigenvalue weighted by Crippen LogP contribution is 2.33. The van der Waals surface area contributed by atoms with Crippen LogP contribution in [0.3, 0.4) is 0 Å². The maximum Gasteiger partial charge on any atom is 0.197 e. The van der Waals surface area contributed by atoms with Crippen LogP contribution in [-0.2, 0) is 0 Å². The van der Waals surface area contributed by atoms with Crippen LogP contribution in [0.2, 0.25) is 0 Å². The van der Waals surface area contributed by atoms with E-state index in [2.05, 4.69) is 26.0 Å². The molecule has 0 saturated carbocycles. The van der Waals surface area contributed by atoms with Crippen molar-refractivity contribution in [2.75, 3.05) is 0 Å². The lowest BCUT2D eigenvalue weighted by Gasteiger charge is -2.16. The van der Waals surface area contributed by atoms with Gasteiger partial charge < -0.3 is 13.9 Å². The highest BCUT2D eigenvalue weighted by atomic mass is 16.5. The van der Waals surface area contributed by atoms with Crippen molar-refractivity contribution in [1.29, 1.82) is 0 Å². The molecule has 0 spiro atoms. The molecule has 1 aromatic heterocycles. The van der Waals surface area contributed by atoms with Gasteiger partial charge in [0, 0.05) is 23.8 Å². The van der Waals surface area contributed by atoms with Crippen molar-refractivity contribution in [3.8, 4) is 22.8 Å². The van der Waals surface area contributed by atoms with Crippen molar-refractivity contribution in [2.24, 2.45) is 0 Å². The van der Waals surface area contributed by atoms with Crippen LogP contribution in [0.1, 0.15) is 53.0 Å². The van der Waals surface area contributed by atoms with E-state index in [0.29, 0.717) is 34.1 Å². The van der Waals surface area contributed by atoms with Crippen molar-refractivity contribution in [3.05, 3.63) is 58.3 Å². The Morgan fingerprint density at radius 1 is 0.821 bits per heavy atom. The van der Waals surface area contributed by atoms with Crippen LogP contribution < -0.4 is 14.9 Å². The van der Waals surface area contributed by atoms with Crippen LogP contribution in [0.25, 0.3) is 22.3 Å². The van der Waals surface area contributed by atoms with E-state index in [9.17, 15) is 4.79 Å². The maximum absolute atomic E-state index is 12.9. The van der Waals surface area contributed by atoms with E-state index in [1.165, 1.54) is 11.6 Å². The van der Waals surface area contributed by atoms with E-state index >= 15 is 0 Å². The van der Waals surface area contributed by atoms with E-state index < -0.39 is 0 Å². The van der Waals surface area contributed by atoms with Crippen LogP contribution in [0.5, 0.6) is 11.5 Å². The quantitative estimate of drug-likeness (QED) is 0.514. The van der Waals surface area contributed by atoms with Crippen molar-refractivity contribution in [3.63, 3.8) is 0 Å². The minimum absolute atomic E-state index is 0.00262. The molecule has 1 heterocycles. The summed E-state index contributed by atoms with van der Waals surface area (Å²) in [6.45, 7) is 12.1. The van der Waals surface area contributed by atoms with Gasteiger partial charge in [-0.3, -0.25) is 4.79 Å². The number of ether oxygens (including phenoxy) is 2. The number of hydrogen-bond acceptors (Lipinski definition) is 4. The number of fused-ring (bicyclic) bond motifs is 1. The summed E-state index contributed by atoms with van der Waals surface area (Å²) in [4.78, 5) is 12.9. The smallest absolute Gasteiger partial charge is 0.197 e. The SMILES string of the molecule is CC(C)Oc1cc(OC(C)C)c2c(=O)cc(-c3ccc(C(C)C)cc3)oc2c1. The lowest BCUT2D eigenvalue weighted by Crippen LogP contribution is -2.11. The molecule has 28 heavy (non-hydrogen) atoms. The molecule has 0 unspecified atom stereocenters. The predicted molar refractivity (Wildman–Crippen MR) is 114 cm³/mol. The van der Waals surface area contributed by atoms with Crippen molar-refractivity contribution in [1.82, 2.24) is 0 Å². The highest BCUT2D eigenvalue weighted by Gasteiger charge is 2.16. The second-order valence-electron chi connectivity index (χ2n) is 7.88. The highest BCUT2D eigenvalue weighted by molar-refractivity contribution is 5.86. The molecule has 0 saturated heterocycles. The van der Waals surface area contributed by atoms with Crippen molar-refractivity contribution >= 4 is 11.0 Å². The summed E-state index contributed by atoms with van der Waals surface area (Å²) in [5, 5.41) is 0.437. The van der Waals surface area contributed by atoms with E-state index in [1.807, 2.05) is 39.8 Å². The van der Waals surface area contributed by atoms with Gasteiger partial charge in [0.15, 0.2) is 5.43 Å².